The second-order valence-corrected chi connectivity index (χ2v) is 3.02. The highest BCUT2D eigenvalue weighted by atomic mass is 16.5. The van der Waals surface area contributed by atoms with Gasteiger partial charge in [0.1, 0.15) is 0 Å². The molecule has 0 aliphatic heterocycles. The fraction of sp³-hybridized carbons (Fsp3) is 0.875. The Morgan fingerprint density at radius 1 is 1.55 bits per heavy atom. The third kappa shape index (κ3) is 2.50. The molecule has 0 saturated heterocycles. The number of carboxylic acids is 1. The van der Waals surface area contributed by atoms with E-state index in [1.54, 1.807) is 6.92 Å². The highest BCUT2D eigenvalue weighted by Crippen LogP contribution is 2.21. The number of carboxylic acid groups (broad SMARTS) is 1. The zero-order chi connectivity index (χ0) is 8.27. The van der Waals surface area contributed by atoms with Crippen LogP contribution in [0.15, 0.2) is 0 Å². The molecule has 0 spiro atoms. The quantitative estimate of drug-likeness (QED) is 0.675. The van der Waals surface area contributed by atoms with Crippen molar-refractivity contribution in [3.05, 3.63) is 0 Å². The van der Waals surface area contributed by atoms with Crippen LogP contribution in [0.25, 0.3) is 0 Å². The monoisotopic (exact) mass is 158 g/mol. The summed E-state index contributed by atoms with van der Waals surface area (Å²) in [6, 6.07) is 0. The molecular formula is C8H14O3. The van der Waals surface area contributed by atoms with E-state index in [-0.39, 0.29) is 6.10 Å². The molecule has 1 rings (SSSR count). The molecule has 1 aliphatic rings. The minimum Gasteiger partial charge on any atom is -0.479 e. The molecular weight excluding hydrogens is 144 g/mol. The number of hydrogen-bond donors (Lipinski definition) is 1. The second-order valence-electron chi connectivity index (χ2n) is 3.02. The van der Waals surface area contributed by atoms with Gasteiger partial charge in [-0.25, -0.2) is 4.79 Å². The molecule has 0 aromatic heterocycles. The smallest absolute Gasteiger partial charge is 0.332 e. The lowest BCUT2D eigenvalue weighted by molar-refractivity contribution is -0.152. The number of carbonyl (C=O) groups is 1. The van der Waals surface area contributed by atoms with E-state index in [1.165, 1.54) is 12.8 Å². The minimum absolute atomic E-state index is 0.195. The van der Waals surface area contributed by atoms with Crippen LogP contribution in [0.1, 0.15) is 32.6 Å². The topological polar surface area (TPSA) is 46.5 Å². The normalized spacial score (nSPS) is 21.9. The molecule has 1 aliphatic carbocycles. The molecule has 1 fully saturated rings. The molecule has 1 N–H and O–H groups in total. The Kier molecular flexibility index (Phi) is 2.88. The molecule has 0 heterocycles. The van der Waals surface area contributed by atoms with E-state index in [2.05, 4.69) is 0 Å². The Balaban J connectivity index is 2.23. The second kappa shape index (κ2) is 3.72. The molecule has 3 nitrogen and oxygen atoms in total. The van der Waals surface area contributed by atoms with Gasteiger partial charge < -0.3 is 9.84 Å². The van der Waals surface area contributed by atoms with E-state index in [0.717, 1.165) is 12.8 Å². The van der Waals surface area contributed by atoms with Gasteiger partial charge >= 0.3 is 5.97 Å². The molecule has 1 atom stereocenters. The van der Waals surface area contributed by atoms with Gasteiger partial charge in [-0.05, 0) is 19.8 Å². The fourth-order valence-electron chi connectivity index (χ4n) is 1.37. The van der Waals surface area contributed by atoms with Crippen LogP contribution in [-0.2, 0) is 9.53 Å². The molecule has 64 valence electrons. The zero-order valence-corrected chi connectivity index (χ0v) is 6.75. The lowest BCUT2D eigenvalue weighted by Gasteiger charge is -2.13. The molecule has 1 unspecified atom stereocenters. The summed E-state index contributed by atoms with van der Waals surface area (Å²) in [6.45, 7) is 1.58. The Hall–Kier alpha value is -0.570. The van der Waals surface area contributed by atoms with Crippen LogP contribution in [0.4, 0.5) is 0 Å². The molecule has 0 radical (unpaired) electrons. The van der Waals surface area contributed by atoms with Crippen LogP contribution >= 0.6 is 0 Å². The lowest BCUT2D eigenvalue weighted by atomic mass is 10.3. The summed E-state index contributed by atoms with van der Waals surface area (Å²) < 4.78 is 5.27. The Bertz CT molecular complexity index is 138. The average Bonchev–Trinajstić information content (AvgIpc) is 2.39. The third-order valence-corrected chi connectivity index (χ3v) is 2.05. The van der Waals surface area contributed by atoms with E-state index in [4.69, 9.17) is 9.84 Å². The van der Waals surface area contributed by atoms with Crippen molar-refractivity contribution in [2.45, 2.75) is 44.8 Å². The van der Waals surface area contributed by atoms with Crippen LogP contribution in [0.5, 0.6) is 0 Å². The van der Waals surface area contributed by atoms with Crippen LogP contribution < -0.4 is 0 Å². The van der Waals surface area contributed by atoms with E-state index in [1.807, 2.05) is 0 Å². The summed E-state index contributed by atoms with van der Waals surface area (Å²) in [5, 5.41) is 8.52. The van der Waals surface area contributed by atoms with Crippen LogP contribution in [0.3, 0.4) is 0 Å². The summed E-state index contributed by atoms with van der Waals surface area (Å²) in [6.07, 6.45) is 3.96. The Morgan fingerprint density at radius 3 is 2.55 bits per heavy atom. The van der Waals surface area contributed by atoms with Gasteiger partial charge in [0.05, 0.1) is 6.10 Å². The predicted octanol–water partition coefficient (Wildman–Crippen LogP) is 1.42. The average molecular weight is 158 g/mol. The van der Waals surface area contributed by atoms with E-state index in [9.17, 15) is 4.79 Å². The number of hydrogen-bond acceptors (Lipinski definition) is 2. The summed E-state index contributed by atoms with van der Waals surface area (Å²) in [5.41, 5.74) is 0. The first-order chi connectivity index (χ1) is 5.20. The van der Waals surface area contributed by atoms with Gasteiger partial charge in [0.2, 0.25) is 0 Å². The molecule has 0 aromatic carbocycles. The fourth-order valence-corrected chi connectivity index (χ4v) is 1.37. The maximum absolute atomic E-state index is 10.4. The van der Waals surface area contributed by atoms with E-state index < -0.39 is 12.1 Å². The minimum atomic E-state index is -0.864. The number of rotatable bonds is 3. The van der Waals surface area contributed by atoms with Gasteiger partial charge in [-0.3, -0.25) is 0 Å². The summed E-state index contributed by atoms with van der Waals surface area (Å²) in [7, 11) is 0. The first kappa shape index (κ1) is 8.53. The van der Waals surface area contributed by atoms with Crippen molar-refractivity contribution in [2.24, 2.45) is 0 Å². The van der Waals surface area contributed by atoms with Crippen molar-refractivity contribution in [3.63, 3.8) is 0 Å². The Labute approximate surface area is 66.4 Å². The van der Waals surface area contributed by atoms with Crippen LogP contribution in [-0.4, -0.2) is 23.3 Å². The third-order valence-electron chi connectivity index (χ3n) is 2.05. The van der Waals surface area contributed by atoms with Gasteiger partial charge in [0.25, 0.3) is 0 Å². The molecule has 11 heavy (non-hydrogen) atoms. The standard InChI is InChI=1S/C8H14O3/c1-6(8(9)10)11-7-4-2-3-5-7/h6-7H,2-5H2,1H3,(H,9,10). The van der Waals surface area contributed by atoms with Gasteiger partial charge in [-0.15, -0.1) is 0 Å². The maximum Gasteiger partial charge on any atom is 0.332 e. The molecule has 0 bridgehead atoms. The maximum atomic E-state index is 10.4. The van der Waals surface area contributed by atoms with Crippen molar-refractivity contribution in [2.75, 3.05) is 0 Å². The highest BCUT2D eigenvalue weighted by molar-refractivity contribution is 5.71. The molecule has 0 aromatic rings. The van der Waals surface area contributed by atoms with E-state index in [0.29, 0.717) is 0 Å². The lowest BCUT2D eigenvalue weighted by Crippen LogP contribution is -2.24. The van der Waals surface area contributed by atoms with Crippen molar-refractivity contribution >= 4 is 5.97 Å². The van der Waals surface area contributed by atoms with Gasteiger partial charge in [0.15, 0.2) is 6.10 Å². The predicted molar refractivity (Wildman–Crippen MR) is 40.4 cm³/mol. The largest absolute Gasteiger partial charge is 0.479 e. The van der Waals surface area contributed by atoms with Gasteiger partial charge in [-0.2, -0.15) is 0 Å². The first-order valence-corrected chi connectivity index (χ1v) is 4.08. The molecule has 3 heteroatoms. The van der Waals surface area contributed by atoms with Crippen molar-refractivity contribution < 1.29 is 14.6 Å². The van der Waals surface area contributed by atoms with Gasteiger partial charge in [-0.1, -0.05) is 12.8 Å². The molecule has 1 saturated carbocycles. The first-order valence-electron chi connectivity index (χ1n) is 4.08. The highest BCUT2D eigenvalue weighted by Gasteiger charge is 2.21. The summed E-state index contributed by atoms with van der Waals surface area (Å²) in [5.74, 6) is -0.864. The van der Waals surface area contributed by atoms with Crippen molar-refractivity contribution in [1.29, 1.82) is 0 Å². The number of aliphatic carboxylic acids is 1. The number of ether oxygens (including phenoxy) is 1. The van der Waals surface area contributed by atoms with E-state index >= 15 is 0 Å². The summed E-state index contributed by atoms with van der Waals surface area (Å²) in [4.78, 5) is 10.4. The zero-order valence-electron chi connectivity index (χ0n) is 6.75. The van der Waals surface area contributed by atoms with Gasteiger partial charge in [0, 0.05) is 0 Å². The SMILES string of the molecule is CC(OC1CCCC1)C(=O)O. The van der Waals surface area contributed by atoms with Crippen LogP contribution in [0.2, 0.25) is 0 Å². The van der Waals surface area contributed by atoms with Crippen molar-refractivity contribution in [1.82, 2.24) is 0 Å². The molecule has 0 amide bonds. The summed E-state index contributed by atoms with van der Waals surface area (Å²) >= 11 is 0. The van der Waals surface area contributed by atoms with Crippen molar-refractivity contribution in [3.8, 4) is 0 Å². The van der Waals surface area contributed by atoms with Crippen LogP contribution in [0, 0.1) is 0 Å². The Morgan fingerprint density at radius 2 is 2.09 bits per heavy atom.